The first kappa shape index (κ1) is 17.1. The number of hydrogen-bond donors (Lipinski definition) is 1. The third-order valence-corrected chi connectivity index (χ3v) is 4.48. The summed E-state index contributed by atoms with van der Waals surface area (Å²) in [5.74, 6) is -0.927. The lowest BCUT2D eigenvalue weighted by Gasteiger charge is -2.22. The second-order valence-corrected chi connectivity index (χ2v) is 6.56. The van der Waals surface area contributed by atoms with Gasteiger partial charge in [0.15, 0.2) is 0 Å². The number of carboxylic acids is 1. The average molecular weight is 332 g/mol. The molecule has 0 unspecified atom stereocenters. The molecule has 122 valence electrons. The topological polar surface area (TPSA) is 70.5 Å². The van der Waals surface area contributed by atoms with Gasteiger partial charge in [0.2, 0.25) is 0 Å². The zero-order valence-electron chi connectivity index (χ0n) is 13.3. The summed E-state index contributed by atoms with van der Waals surface area (Å²) < 4.78 is 0. The fourth-order valence-corrected chi connectivity index (χ4v) is 3.24. The van der Waals surface area contributed by atoms with Gasteiger partial charge in [0.25, 0.3) is 5.91 Å². The number of amides is 1. The average Bonchev–Trinajstić information content (AvgIpc) is 2.85. The molecule has 0 saturated heterocycles. The Morgan fingerprint density at radius 1 is 1.22 bits per heavy atom. The molecule has 0 spiro atoms. The van der Waals surface area contributed by atoms with Crippen LogP contribution in [0.3, 0.4) is 0 Å². The standard InChI is InChI=1S/C17H20N2O3S/c1-12-16(23-13(2)18-12)17(22)19(10-6-9-15(20)21)11-14-7-4-3-5-8-14/h3-5,7-8H,6,9-11H2,1-2H3,(H,20,21). The summed E-state index contributed by atoms with van der Waals surface area (Å²) in [7, 11) is 0. The van der Waals surface area contributed by atoms with Crippen molar-refractivity contribution in [2.75, 3.05) is 6.54 Å². The van der Waals surface area contributed by atoms with E-state index < -0.39 is 5.97 Å². The van der Waals surface area contributed by atoms with Crippen molar-refractivity contribution in [3.63, 3.8) is 0 Å². The first-order chi connectivity index (χ1) is 11.0. The fourth-order valence-electron chi connectivity index (χ4n) is 2.35. The van der Waals surface area contributed by atoms with Gasteiger partial charge in [-0.1, -0.05) is 30.3 Å². The Balaban J connectivity index is 2.16. The summed E-state index contributed by atoms with van der Waals surface area (Å²) in [6.45, 7) is 4.58. The Morgan fingerprint density at radius 2 is 1.91 bits per heavy atom. The van der Waals surface area contributed by atoms with E-state index in [0.29, 0.717) is 24.4 Å². The molecule has 23 heavy (non-hydrogen) atoms. The number of rotatable bonds is 7. The molecular weight excluding hydrogens is 312 g/mol. The maximum Gasteiger partial charge on any atom is 0.303 e. The quantitative estimate of drug-likeness (QED) is 0.845. The number of aryl methyl sites for hydroxylation is 2. The van der Waals surface area contributed by atoms with Crippen LogP contribution in [0.4, 0.5) is 0 Å². The third kappa shape index (κ3) is 4.89. The number of benzene rings is 1. The summed E-state index contributed by atoms with van der Waals surface area (Å²) >= 11 is 1.38. The SMILES string of the molecule is Cc1nc(C)c(C(=O)N(CCCC(=O)O)Cc2ccccc2)s1. The summed E-state index contributed by atoms with van der Waals surface area (Å²) in [5, 5.41) is 9.67. The molecular formula is C17H20N2O3S. The van der Waals surface area contributed by atoms with Crippen LogP contribution in [-0.2, 0) is 11.3 Å². The first-order valence-corrected chi connectivity index (χ1v) is 8.28. The van der Waals surface area contributed by atoms with Crippen molar-refractivity contribution >= 4 is 23.2 Å². The molecule has 0 atom stereocenters. The van der Waals surface area contributed by atoms with Crippen LogP contribution in [0.1, 0.15) is 38.8 Å². The number of carbonyl (C=O) groups is 2. The number of hydrogen-bond acceptors (Lipinski definition) is 4. The van der Waals surface area contributed by atoms with Gasteiger partial charge in [0.1, 0.15) is 4.88 Å². The van der Waals surface area contributed by atoms with Gasteiger partial charge in [0.05, 0.1) is 10.7 Å². The van der Waals surface area contributed by atoms with Gasteiger partial charge in [-0.2, -0.15) is 0 Å². The van der Waals surface area contributed by atoms with E-state index in [9.17, 15) is 9.59 Å². The molecule has 1 amide bonds. The van der Waals surface area contributed by atoms with Crippen LogP contribution < -0.4 is 0 Å². The van der Waals surface area contributed by atoms with Gasteiger partial charge in [-0.25, -0.2) is 4.98 Å². The zero-order chi connectivity index (χ0) is 16.8. The maximum atomic E-state index is 12.8. The van der Waals surface area contributed by atoms with E-state index in [0.717, 1.165) is 16.3 Å². The molecule has 6 heteroatoms. The molecule has 0 aliphatic rings. The minimum atomic E-state index is -0.845. The maximum absolute atomic E-state index is 12.8. The summed E-state index contributed by atoms with van der Waals surface area (Å²) in [5.41, 5.74) is 1.75. The van der Waals surface area contributed by atoms with Gasteiger partial charge < -0.3 is 10.0 Å². The van der Waals surface area contributed by atoms with Gasteiger partial charge in [-0.05, 0) is 25.8 Å². The lowest BCUT2D eigenvalue weighted by atomic mass is 10.2. The Hall–Kier alpha value is -2.21. The normalized spacial score (nSPS) is 10.5. The summed E-state index contributed by atoms with van der Waals surface area (Å²) in [6, 6.07) is 9.70. The number of carboxylic acid groups (broad SMARTS) is 1. The van der Waals surface area contributed by atoms with Crippen molar-refractivity contribution in [2.45, 2.75) is 33.2 Å². The lowest BCUT2D eigenvalue weighted by molar-refractivity contribution is -0.137. The molecule has 1 aromatic carbocycles. The molecule has 1 aromatic heterocycles. The van der Waals surface area contributed by atoms with E-state index in [-0.39, 0.29) is 12.3 Å². The van der Waals surface area contributed by atoms with Crippen molar-refractivity contribution < 1.29 is 14.7 Å². The van der Waals surface area contributed by atoms with Gasteiger partial charge in [-0.15, -0.1) is 11.3 Å². The highest BCUT2D eigenvalue weighted by Crippen LogP contribution is 2.20. The lowest BCUT2D eigenvalue weighted by Crippen LogP contribution is -2.31. The number of aromatic nitrogens is 1. The summed E-state index contributed by atoms with van der Waals surface area (Å²) in [4.78, 5) is 30.2. The van der Waals surface area contributed by atoms with Gasteiger partial charge in [0, 0.05) is 19.5 Å². The van der Waals surface area contributed by atoms with Crippen molar-refractivity contribution in [3.8, 4) is 0 Å². The van der Waals surface area contributed by atoms with E-state index in [1.807, 2.05) is 44.2 Å². The minimum Gasteiger partial charge on any atom is -0.481 e. The second kappa shape index (κ2) is 7.87. The fraction of sp³-hybridized carbons (Fsp3) is 0.353. The van der Waals surface area contributed by atoms with E-state index >= 15 is 0 Å². The highest BCUT2D eigenvalue weighted by atomic mass is 32.1. The number of nitrogens with zero attached hydrogens (tertiary/aromatic N) is 2. The molecule has 0 saturated carbocycles. The molecule has 2 aromatic rings. The van der Waals surface area contributed by atoms with E-state index in [1.165, 1.54) is 11.3 Å². The van der Waals surface area contributed by atoms with Crippen molar-refractivity contribution in [1.29, 1.82) is 0 Å². The number of aliphatic carboxylic acids is 1. The second-order valence-electron chi connectivity index (χ2n) is 5.36. The summed E-state index contributed by atoms with van der Waals surface area (Å²) in [6.07, 6.45) is 0.490. The van der Waals surface area contributed by atoms with Crippen LogP contribution in [0, 0.1) is 13.8 Å². The molecule has 2 rings (SSSR count). The molecule has 5 nitrogen and oxygen atoms in total. The molecule has 0 fully saturated rings. The molecule has 0 radical (unpaired) electrons. The highest BCUT2D eigenvalue weighted by molar-refractivity contribution is 7.13. The Labute approximate surface area is 139 Å². The molecule has 0 bridgehead atoms. The van der Waals surface area contributed by atoms with Crippen LogP contribution in [0.2, 0.25) is 0 Å². The molecule has 0 aliphatic heterocycles. The zero-order valence-corrected chi connectivity index (χ0v) is 14.1. The predicted octanol–water partition coefficient (Wildman–Crippen LogP) is 3.27. The molecule has 1 heterocycles. The van der Waals surface area contributed by atoms with Crippen LogP contribution in [0.15, 0.2) is 30.3 Å². The van der Waals surface area contributed by atoms with E-state index in [4.69, 9.17) is 5.11 Å². The van der Waals surface area contributed by atoms with Crippen LogP contribution in [-0.4, -0.2) is 33.4 Å². The smallest absolute Gasteiger partial charge is 0.303 e. The van der Waals surface area contributed by atoms with E-state index in [2.05, 4.69) is 4.98 Å². The van der Waals surface area contributed by atoms with Crippen LogP contribution in [0.25, 0.3) is 0 Å². The van der Waals surface area contributed by atoms with Gasteiger partial charge in [-0.3, -0.25) is 9.59 Å². The minimum absolute atomic E-state index is 0.0548. The van der Waals surface area contributed by atoms with Crippen molar-refractivity contribution in [1.82, 2.24) is 9.88 Å². The number of thiazole rings is 1. The molecule has 0 aliphatic carbocycles. The number of carbonyl (C=O) groups excluding carboxylic acids is 1. The Bertz CT molecular complexity index is 682. The van der Waals surface area contributed by atoms with Gasteiger partial charge >= 0.3 is 5.97 Å². The predicted molar refractivity (Wildman–Crippen MR) is 89.6 cm³/mol. The Kier molecular flexibility index (Phi) is 5.87. The van der Waals surface area contributed by atoms with E-state index in [1.54, 1.807) is 4.90 Å². The monoisotopic (exact) mass is 332 g/mol. The van der Waals surface area contributed by atoms with Crippen molar-refractivity contribution in [2.24, 2.45) is 0 Å². The largest absolute Gasteiger partial charge is 0.481 e. The third-order valence-electron chi connectivity index (χ3n) is 3.42. The molecule has 1 N–H and O–H groups in total. The Morgan fingerprint density at radius 3 is 2.48 bits per heavy atom. The van der Waals surface area contributed by atoms with Crippen LogP contribution in [0.5, 0.6) is 0 Å². The van der Waals surface area contributed by atoms with Crippen LogP contribution >= 0.6 is 11.3 Å². The highest BCUT2D eigenvalue weighted by Gasteiger charge is 2.21. The first-order valence-electron chi connectivity index (χ1n) is 7.46. The van der Waals surface area contributed by atoms with Crippen molar-refractivity contribution in [3.05, 3.63) is 51.5 Å².